The maximum absolute atomic E-state index is 12.7. The van der Waals surface area contributed by atoms with Crippen molar-refractivity contribution in [3.63, 3.8) is 0 Å². The van der Waals surface area contributed by atoms with Crippen molar-refractivity contribution >= 4 is 11.6 Å². The summed E-state index contributed by atoms with van der Waals surface area (Å²) in [7, 11) is 0. The van der Waals surface area contributed by atoms with E-state index in [2.05, 4.69) is 5.32 Å². The SMILES string of the molecule is Cc1cccn(CC(=O)Nc2ccc(F)cc2)c1=O. The standard InChI is InChI=1S/C14H13FN2O2/c1-10-3-2-8-17(14(10)19)9-13(18)16-12-6-4-11(15)5-7-12/h2-8H,9H2,1H3,(H,16,18). The maximum Gasteiger partial charge on any atom is 0.253 e. The quantitative estimate of drug-likeness (QED) is 0.916. The van der Waals surface area contributed by atoms with Crippen molar-refractivity contribution in [3.05, 3.63) is 64.3 Å². The number of carbonyl (C=O) groups is 1. The fourth-order valence-electron chi connectivity index (χ4n) is 1.67. The average Bonchev–Trinajstić information content (AvgIpc) is 2.38. The Morgan fingerprint density at radius 3 is 2.63 bits per heavy atom. The van der Waals surface area contributed by atoms with Gasteiger partial charge in [-0.25, -0.2) is 4.39 Å². The Kier molecular flexibility index (Phi) is 3.75. The van der Waals surface area contributed by atoms with Gasteiger partial charge in [0.05, 0.1) is 0 Å². The number of amides is 1. The van der Waals surface area contributed by atoms with E-state index >= 15 is 0 Å². The highest BCUT2D eigenvalue weighted by Gasteiger charge is 2.06. The molecule has 2 aromatic rings. The summed E-state index contributed by atoms with van der Waals surface area (Å²) >= 11 is 0. The summed E-state index contributed by atoms with van der Waals surface area (Å²) in [6.07, 6.45) is 1.56. The molecule has 1 heterocycles. The number of hydrogen-bond donors (Lipinski definition) is 1. The van der Waals surface area contributed by atoms with Crippen molar-refractivity contribution in [1.82, 2.24) is 4.57 Å². The molecule has 1 N–H and O–H groups in total. The molecular formula is C14H13FN2O2. The van der Waals surface area contributed by atoms with Gasteiger partial charge in [0.15, 0.2) is 0 Å². The van der Waals surface area contributed by atoms with Gasteiger partial charge in [-0.2, -0.15) is 0 Å². The molecular weight excluding hydrogens is 247 g/mol. The van der Waals surface area contributed by atoms with Gasteiger partial charge in [0.1, 0.15) is 12.4 Å². The second-order valence-corrected chi connectivity index (χ2v) is 4.18. The van der Waals surface area contributed by atoms with E-state index in [9.17, 15) is 14.0 Å². The number of nitrogens with one attached hydrogen (secondary N) is 1. The molecule has 4 nitrogen and oxygen atoms in total. The molecule has 0 fully saturated rings. The number of benzene rings is 1. The van der Waals surface area contributed by atoms with Gasteiger partial charge in [0.25, 0.3) is 5.56 Å². The zero-order valence-corrected chi connectivity index (χ0v) is 10.4. The molecule has 0 aliphatic rings. The van der Waals surface area contributed by atoms with Crippen molar-refractivity contribution in [2.24, 2.45) is 0 Å². The van der Waals surface area contributed by atoms with Gasteiger partial charge in [0, 0.05) is 17.4 Å². The molecule has 2 rings (SSSR count). The third-order valence-corrected chi connectivity index (χ3v) is 2.65. The molecule has 0 aliphatic carbocycles. The molecule has 0 spiro atoms. The normalized spacial score (nSPS) is 10.2. The summed E-state index contributed by atoms with van der Waals surface area (Å²) in [5.41, 5.74) is 0.876. The zero-order chi connectivity index (χ0) is 13.8. The topological polar surface area (TPSA) is 51.1 Å². The lowest BCUT2D eigenvalue weighted by Crippen LogP contribution is -2.28. The van der Waals surface area contributed by atoms with Crippen LogP contribution in [0.4, 0.5) is 10.1 Å². The molecule has 5 heteroatoms. The molecule has 0 atom stereocenters. The number of nitrogens with zero attached hydrogens (tertiary/aromatic N) is 1. The lowest BCUT2D eigenvalue weighted by molar-refractivity contribution is -0.116. The van der Waals surface area contributed by atoms with E-state index in [1.165, 1.54) is 28.8 Å². The predicted molar refractivity (Wildman–Crippen MR) is 70.5 cm³/mol. The molecule has 98 valence electrons. The van der Waals surface area contributed by atoms with Gasteiger partial charge in [-0.3, -0.25) is 9.59 Å². The summed E-state index contributed by atoms with van der Waals surface area (Å²) in [6.45, 7) is 1.62. The highest BCUT2D eigenvalue weighted by Crippen LogP contribution is 2.08. The van der Waals surface area contributed by atoms with Gasteiger partial charge in [-0.15, -0.1) is 0 Å². The van der Waals surface area contributed by atoms with Crippen molar-refractivity contribution in [3.8, 4) is 0 Å². The van der Waals surface area contributed by atoms with Crippen LogP contribution in [0, 0.1) is 12.7 Å². The maximum atomic E-state index is 12.7. The Morgan fingerprint density at radius 2 is 1.95 bits per heavy atom. The molecule has 0 saturated carbocycles. The van der Waals surface area contributed by atoms with Crippen molar-refractivity contribution in [2.45, 2.75) is 13.5 Å². The second-order valence-electron chi connectivity index (χ2n) is 4.18. The number of rotatable bonds is 3. The van der Waals surface area contributed by atoms with Crippen molar-refractivity contribution in [1.29, 1.82) is 0 Å². The number of hydrogen-bond acceptors (Lipinski definition) is 2. The predicted octanol–water partition coefficient (Wildman–Crippen LogP) is 1.93. The van der Waals surface area contributed by atoms with Gasteiger partial charge >= 0.3 is 0 Å². The Morgan fingerprint density at radius 1 is 1.26 bits per heavy atom. The second kappa shape index (κ2) is 5.48. The number of anilines is 1. The Labute approximate surface area is 109 Å². The largest absolute Gasteiger partial charge is 0.325 e. The van der Waals surface area contributed by atoms with Gasteiger partial charge in [-0.05, 0) is 37.3 Å². The first-order valence-corrected chi connectivity index (χ1v) is 5.78. The fraction of sp³-hybridized carbons (Fsp3) is 0.143. The van der Waals surface area contributed by atoms with E-state index in [-0.39, 0.29) is 23.8 Å². The smallest absolute Gasteiger partial charge is 0.253 e. The summed E-state index contributed by atoms with van der Waals surface area (Å²) in [6, 6.07) is 8.85. The van der Waals surface area contributed by atoms with Gasteiger partial charge < -0.3 is 9.88 Å². The number of aryl methyl sites for hydroxylation is 1. The third kappa shape index (κ3) is 3.28. The third-order valence-electron chi connectivity index (χ3n) is 2.65. The van der Waals surface area contributed by atoms with Crippen LogP contribution in [0.3, 0.4) is 0 Å². The highest BCUT2D eigenvalue weighted by molar-refractivity contribution is 5.90. The van der Waals surface area contributed by atoms with Crippen LogP contribution in [0.2, 0.25) is 0 Å². The molecule has 1 aromatic heterocycles. The summed E-state index contributed by atoms with van der Waals surface area (Å²) in [5.74, 6) is -0.702. The van der Waals surface area contributed by atoms with E-state index in [1.807, 2.05) is 0 Å². The fourth-order valence-corrected chi connectivity index (χ4v) is 1.67. The van der Waals surface area contributed by atoms with E-state index < -0.39 is 0 Å². The average molecular weight is 260 g/mol. The minimum atomic E-state index is -0.368. The van der Waals surface area contributed by atoms with Crippen molar-refractivity contribution in [2.75, 3.05) is 5.32 Å². The molecule has 1 aromatic carbocycles. The van der Waals surface area contributed by atoms with E-state index in [0.717, 1.165) is 0 Å². The van der Waals surface area contributed by atoms with Crippen LogP contribution in [0.25, 0.3) is 0 Å². The van der Waals surface area contributed by atoms with Crippen molar-refractivity contribution < 1.29 is 9.18 Å². The monoisotopic (exact) mass is 260 g/mol. The lowest BCUT2D eigenvalue weighted by Gasteiger charge is -2.07. The highest BCUT2D eigenvalue weighted by atomic mass is 19.1. The Balaban J connectivity index is 2.07. The summed E-state index contributed by atoms with van der Waals surface area (Å²) in [4.78, 5) is 23.5. The molecule has 0 aliphatic heterocycles. The Bertz CT molecular complexity index is 647. The molecule has 1 amide bonds. The minimum absolute atomic E-state index is 0.0715. The first-order chi connectivity index (χ1) is 9.06. The first kappa shape index (κ1) is 13.0. The molecule has 0 radical (unpaired) electrons. The van der Waals surface area contributed by atoms with Crippen LogP contribution < -0.4 is 10.9 Å². The van der Waals surface area contributed by atoms with Crippen LogP contribution in [0.15, 0.2) is 47.4 Å². The molecule has 19 heavy (non-hydrogen) atoms. The number of halogens is 1. The van der Waals surface area contributed by atoms with E-state index in [4.69, 9.17) is 0 Å². The van der Waals surface area contributed by atoms with Crippen LogP contribution in [-0.4, -0.2) is 10.5 Å². The zero-order valence-electron chi connectivity index (χ0n) is 10.4. The molecule has 0 saturated heterocycles. The number of pyridine rings is 1. The van der Waals surface area contributed by atoms with E-state index in [0.29, 0.717) is 11.3 Å². The van der Waals surface area contributed by atoms with Crippen LogP contribution in [0.1, 0.15) is 5.56 Å². The number of carbonyl (C=O) groups excluding carboxylic acids is 1. The number of aromatic nitrogens is 1. The minimum Gasteiger partial charge on any atom is -0.325 e. The summed E-state index contributed by atoms with van der Waals surface area (Å²) < 4.78 is 14.0. The summed E-state index contributed by atoms with van der Waals surface area (Å²) in [5, 5.41) is 2.60. The van der Waals surface area contributed by atoms with Gasteiger partial charge in [-0.1, -0.05) is 6.07 Å². The van der Waals surface area contributed by atoms with Gasteiger partial charge in [0.2, 0.25) is 5.91 Å². The van der Waals surface area contributed by atoms with Crippen LogP contribution in [-0.2, 0) is 11.3 Å². The van der Waals surface area contributed by atoms with E-state index in [1.54, 1.807) is 25.3 Å². The van der Waals surface area contributed by atoms with Crippen LogP contribution in [0.5, 0.6) is 0 Å². The lowest BCUT2D eigenvalue weighted by atomic mass is 10.3. The first-order valence-electron chi connectivity index (χ1n) is 5.78. The molecule has 0 unspecified atom stereocenters. The van der Waals surface area contributed by atoms with Crippen LogP contribution >= 0.6 is 0 Å². The molecule has 0 bridgehead atoms. The Hall–Kier alpha value is -2.43.